The summed E-state index contributed by atoms with van der Waals surface area (Å²) in [4.78, 5) is 28.1. The highest BCUT2D eigenvalue weighted by molar-refractivity contribution is 7.09. The average Bonchev–Trinajstić information content (AvgIpc) is 3.14. The Morgan fingerprint density at radius 3 is 2.71 bits per heavy atom. The lowest BCUT2D eigenvalue weighted by Crippen LogP contribution is -2.42. The number of thiophene rings is 1. The molecular weight excluding hydrogens is 318 g/mol. The van der Waals surface area contributed by atoms with Crippen molar-refractivity contribution in [1.82, 2.24) is 4.90 Å². The van der Waals surface area contributed by atoms with Crippen LogP contribution >= 0.6 is 11.3 Å². The zero-order valence-electron chi connectivity index (χ0n) is 13.8. The highest BCUT2D eigenvalue weighted by Crippen LogP contribution is 2.21. The number of piperidine rings is 1. The minimum Gasteiger partial charge on any atom is -0.342 e. The lowest BCUT2D eigenvalue weighted by molar-refractivity contribution is -0.135. The number of amides is 1. The molecular formula is C20H23NO2S. The second-order valence-electron chi connectivity index (χ2n) is 6.39. The van der Waals surface area contributed by atoms with Gasteiger partial charge in [-0.2, -0.15) is 0 Å². The second-order valence-corrected chi connectivity index (χ2v) is 7.42. The van der Waals surface area contributed by atoms with Gasteiger partial charge in [-0.25, -0.2) is 0 Å². The van der Waals surface area contributed by atoms with E-state index in [2.05, 4.69) is 6.07 Å². The molecule has 1 fully saturated rings. The van der Waals surface area contributed by atoms with Gasteiger partial charge < -0.3 is 4.90 Å². The summed E-state index contributed by atoms with van der Waals surface area (Å²) in [6.07, 6.45) is 3.65. The van der Waals surface area contributed by atoms with E-state index in [1.807, 2.05) is 46.7 Å². The topological polar surface area (TPSA) is 37.4 Å². The molecule has 0 N–H and O–H groups in total. The first kappa shape index (κ1) is 16.9. The number of hydrogen-bond acceptors (Lipinski definition) is 3. The van der Waals surface area contributed by atoms with Crippen LogP contribution in [0.1, 0.15) is 29.7 Å². The molecule has 3 nitrogen and oxygen atoms in total. The minimum atomic E-state index is -0.00959. The van der Waals surface area contributed by atoms with Gasteiger partial charge in [0.1, 0.15) is 5.78 Å². The predicted octanol–water partition coefficient (Wildman–Crippen LogP) is 3.73. The summed E-state index contributed by atoms with van der Waals surface area (Å²) >= 11 is 1.69. The molecule has 2 aromatic rings. The number of aryl methyl sites for hydroxylation is 1. The Hall–Kier alpha value is -1.94. The van der Waals surface area contributed by atoms with Crippen LogP contribution in [-0.2, 0) is 22.4 Å². The average molecular weight is 341 g/mol. The molecule has 1 aliphatic heterocycles. The first-order chi connectivity index (χ1) is 11.7. The van der Waals surface area contributed by atoms with Gasteiger partial charge in [-0.05, 0) is 36.3 Å². The molecule has 4 heteroatoms. The molecule has 1 aromatic carbocycles. The summed E-state index contributed by atoms with van der Waals surface area (Å²) in [6, 6.07) is 14.0. The van der Waals surface area contributed by atoms with Crippen molar-refractivity contribution in [2.75, 3.05) is 13.1 Å². The van der Waals surface area contributed by atoms with Crippen LogP contribution in [0, 0.1) is 5.92 Å². The van der Waals surface area contributed by atoms with Crippen molar-refractivity contribution in [2.24, 2.45) is 5.92 Å². The van der Waals surface area contributed by atoms with Gasteiger partial charge in [0.15, 0.2) is 0 Å². The number of nitrogens with zero attached hydrogens (tertiary/aromatic N) is 1. The van der Waals surface area contributed by atoms with Crippen LogP contribution in [0.5, 0.6) is 0 Å². The molecule has 0 unspecified atom stereocenters. The van der Waals surface area contributed by atoms with E-state index < -0.39 is 0 Å². The van der Waals surface area contributed by atoms with Crippen LogP contribution in [0.15, 0.2) is 47.8 Å². The fourth-order valence-corrected chi connectivity index (χ4v) is 3.96. The maximum absolute atomic E-state index is 12.5. The van der Waals surface area contributed by atoms with Crippen LogP contribution in [-0.4, -0.2) is 29.7 Å². The molecule has 1 aromatic heterocycles. The molecule has 1 saturated heterocycles. The van der Waals surface area contributed by atoms with Crippen LogP contribution in [0.4, 0.5) is 0 Å². The molecule has 1 aliphatic rings. The Balaban J connectivity index is 1.51. The number of carbonyl (C=O) groups is 2. The molecule has 24 heavy (non-hydrogen) atoms. The van der Waals surface area contributed by atoms with Gasteiger partial charge in [-0.1, -0.05) is 36.4 Å². The van der Waals surface area contributed by atoms with Gasteiger partial charge in [-0.15, -0.1) is 11.3 Å². The Bertz CT molecular complexity index is 666. The summed E-state index contributed by atoms with van der Waals surface area (Å²) in [5, 5.41) is 2.04. The third kappa shape index (κ3) is 4.54. The molecule has 0 aliphatic carbocycles. The van der Waals surface area contributed by atoms with Crippen molar-refractivity contribution < 1.29 is 9.59 Å². The Morgan fingerprint density at radius 1 is 1.12 bits per heavy atom. The van der Waals surface area contributed by atoms with E-state index in [-0.39, 0.29) is 17.6 Å². The fraction of sp³-hybridized carbons (Fsp3) is 0.400. The number of likely N-dealkylation sites (tertiary alicyclic amines) is 1. The molecule has 126 valence electrons. The molecule has 0 bridgehead atoms. The summed E-state index contributed by atoms with van der Waals surface area (Å²) < 4.78 is 0. The Kier molecular flexibility index (Phi) is 5.81. The number of benzene rings is 1. The van der Waals surface area contributed by atoms with Gasteiger partial charge in [0.25, 0.3) is 0 Å². The summed E-state index contributed by atoms with van der Waals surface area (Å²) in [7, 11) is 0. The maximum atomic E-state index is 12.5. The lowest BCUT2D eigenvalue weighted by atomic mass is 9.90. The number of carbonyl (C=O) groups excluding carboxylic acids is 2. The Labute approximate surface area is 147 Å². The Morgan fingerprint density at radius 2 is 1.96 bits per heavy atom. The number of ketones is 1. The van der Waals surface area contributed by atoms with Crippen molar-refractivity contribution in [3.8, 4) is 0 Å². The second kappa shape index (κ2) is 8.25. The van der Waals surface area contributed by atoms with Crippen LogP contribution in [0.25, 0.3) is 0 Å². The predicted molar refractivity (Wildman–Crippen MR) is 97.1 cm³/mol. The highest BCUT2D eigenvalue weighted by Gasteiger charge is 2.27. The number of Topliss-reactive ketones (excluding diaryl/α,β-unsaturated/α-hetero) is 1. The standard InChI is InChI=1S/C20H23NO2S/c22-19(14-16-6-2-1-3-7-16)17-8-4-12-21(15-17)20(23)11-10-18-9-5-13-24-18/h1-3,5-7,9,13,17H,4,8,10-12,14-15H2/t17-/m1/s1. The van der Waals surface area contributed by atoms with Gasteiger partial charge in [0, 0.05) is 36.7 Å². The van der Waals surface area contributed by atoms with Gasteiger partial charge in [0.2, 0.25) is 5.91 Å². The van der Waals surface area contributed by atoms with Crippen molar-refractivity contribution in [3.63, 3.8) is 0 Å². The van der Waals surface area contributed by atoms with Crippen LogP contribution in [0.2, 0.25) is 0 Å². The zero-order chi connectivity index (χ0) is 16.8. The van der Waals surface area contributed by atoms with Gasteiger partial charge >= 0.3 is 0 Å². The van der Waals surface area contributed by atoms with Crippen molar-refractivity contribution in [3.05, 3.63) is 58.3 Å². The van der Waals surface area contributed by atoms with E-state index in [9.17, 15) is 9.59 Å². The normalized spacial score (nSPS) is 17.7. The van der Waals surface area contributed by atoms with Gasteiger partial charge in [0.05, 0.1) is 0 Å². The highest BCUT2D eigenvalue weighted by atomic mass is 32.1. The molecule has 2 heterocycles. The zero-order valence-corrected chi connectivity index (χ0v) is 14.6. The first-order valence-electron chi connectivity index (χ1n) is 8.59. The first-order valence-corrected chi connectivity index (χ1v) is 9.47. The SMILES string of the molecule is O=C(Cc1ccccc1)[C@@H]1CCCN(C(=O)CCc2cccs2)C1. The van der Waals surface area contributed by atoms with Crippen molar-refractivity contribution in [2.45, 2.75) is 32.1 Å². The third-order valence-corrected chi connectivity index (χ3v) is 5.55. The lowest BCUT2D eigenvalue weighted by Gasteiger charge is -2.32. The molecule has 0 saturated carbocycles. The van der Waals surface area contributed by atoms with E-state index in [1.54, 1.807) is 11.3 Å². The maximum Gasteiger partial charge on any atom is 0.222 e. The summed E-state index contributed by atoms with van der Waals surface area (Å²) in [6.45, 7) is 1.38. The largest absolute Gasteiger partial charge is 0.342 e. The van der Waals surface area contributed by atoms with E-state index in [1.165, 1.54) is 4.88 Å². The summed E-state index contributed by atoms with van der Waals surface area (Å²) in [5.74, 6) is 0.433. The smallest absolute Gasteiger partial charge is 0.222 e. The monoisotopic (exact) mass is 341 g/mol. The molecule has 1 amide bonds. The van der Waals surface area contributed by atoms with Crippen LogP contribution in [0.3, 0.4) is 0 Å². The van der Waals surface area contributed by atoms with E-state index in [4.69, 9.17) is 0 Å². The third-order valence-electron chi connectivity index (χ3n) is 4.62. The molecule has 0 spiro atoms. The summed E-state index contributed by atoms with van der Waals surface area (Å²) in [5.41, 5.74) is 1.06. The quantitative estimate of drug-likeness (QED) is 0.803. The van der Waals surface area contributed by atoms with Gasteiger partial charge in [-0.3, -0.25) is 9.59 Å². The van der Waals surface area contributed by atoms with Crippen molar-refractivity contribution in [1.29, 1.82) is 0 Å². The van der Waals surface area contributed by atoms with Crippen molar-refractivity contribution >= 4 is 23.0 Å². The molecule has 0 radical (unpaired) electrons. The van der Waals surface area contributed by atoms with E-state index >= 15 is 0 Å². The molecule has 1 atom stereocenters. The number of hydrogen-bond donors (Lipinski definition) is 0. The van der Waals surface area contributed by atoms with E-state index in [0.717, 1.165) is 31.4 Å². The van der Waals surface area contributed by atoms with E-state index in [0.29, 0.717) is 19.4 Å². The fourth-order valence-electron chi connectivity index (χ4n) is 3.25. The van der Waals surface area contributed by atoms with Crippen LogP contribution < -0.4 is 0 Å². The molecule has 3 rings (SSSR count). The number of rotatable bonds is 6. The minimum absolute atomic E-state index is 0.00959.